The third-order valence-electron chi connectivity index (χ3n) is 2.52. The Hall–Kier alpha value is -1.08. The van der Waals surface area contributed by atoms with Crippen molar-refractivity contribution in [1.29, 1.82) is 0 Å². The van der Waals surface area contributed by atoms with Gasteiger partial charge in [0.25, 0.3) is 0 Å². The monoisotopic (exact) mass is 281 g/mol. The van der Waals surface area contributed by atoms with Crippen molar-refractivity contribution in [2.45, 2.75) is 18.0 Å². The molecule has 0 spiro atoms. The third kappa shape index (κ3) is 3.71. The maximum atomic E-state index is 12.5. The lowest BCUT2D eigenvalue weighted by molar-refractivity contribution is -0.165. The van der Waals surface area contributed by atoms with Crippen LogP contribution in [0.5, 0.6) is 0 Å². The van der Waals surface area contributed by atoms with Gasteiger partial charge in [-0.25, -0.2) is 8.42 Å². The highest BCUT2D eigenvalue weighted by Gasteiger charge is 2.41. The van der Waals surface area contributed by atoms with Gasteiger partial charge in [-0.3, -0.25) is 0 Å². The van der Waals surface area contributed by atoms with Crippen molar-refractivity contribution >= 4 is 9.84 Å². The van der Waals surface area contributed by atoms with Crippen LogP contribution in [0.15, 0.2) is 29.2 Å². The molecule has 0 heterocycles. The average Bonchev–Trinajstić information content (AvgIpc) is 2.24. The first kappa shape index (κ1) is 15.0. The maximum Gasteiger partial charge on any atom is 0.394 e. The summed E-state index contributed by atoms with van der Waals surface area (Å²) in [6.07, 6.45) is -4.61. The summed E-state index contributed by atoms with van der Waals surface area (Å²) < 4.78 is 61.2. The van der Waals surface area contributed by atoms with E-state index in [2.05, 4.69) is 0 Å². The van der Waals surface area contributed by atoms with Gasteiger partial charge in [-0.15, -0.1) is 0 Å². The van der Waals surface area contributed by atoms with Crippen LogP contribution in [0.4, 0.5) is 13.2 Å². The van der Waals surface area contributed by atoms with Gasteiger partial charge in [0, 0.05) is 6.54 Å². The average molecular weight is 281 g/mol. The molecule has 3 nitrogen and oxygen atoms in total. The summed E-state index contributed by atoms with van der Waals surface area (Å²) >= 11 is 0. The Morgan fingerprint density at radius 1 is 1.33 bits per heavy atom. The maximum absolute atomic E-state index is 12.5. The molecule has 18 heavy (non-hydrogen) atoms. The summed E-state index contributed by atoms with van der Waals surface area (Å²) in [5, 5.41) is 0. The van der Waals surface area contributed by atoms with Crippen LogP contribution < -0.4 is 5.73 Å². The van der Waals surface area contributed by atoms with Crippen LogP contribution in [0.3, 0.4) is 0 Å². The van der Waals surface area contributed by atoms with Crippen molar-refractivity contribution in [2.75, 3.05) is 12.3 Å². The molecule has 102 valence electrons. The van der Waals surface area contributed by atoms with Crippen molar-refractivity contribution in [3.63, 3.8) is 0 Å². The van der Waals surface area contributed by atoms with E-state index in [9.17, 15) is 21.6 Å². The first-order valence-electron chi connectivity index (χ1n) is 5.23. The van der Waals surface area contributed by atoms with Crippen LogP contribution in [-0.2, 0) is 9.84 Å². The molecule has 0 radical (unpaired) electrons. The summed E-state index contributed by atoms with van der Waals surface area (Å²) in [6, 6.07) is 5.79. The molecule has 0 aliphatic heterocycles. The molecule has 0 aliphatic rings. The standard InChI is InChI=1S/C11H14F3NO2S/c1-8-3-2-4-10(5-8)18(16,17)7-9(6-15)11(12,13)14/h2-5,9H,6-7,15H2,1H3. The molecule has 0 aliphatic carbocycles. The van der Waals surface area contributed by atoms with E-state index in [1.165, 1.54) is 18.2 Å². The topological polar surface area (TPSA) is 60.2 Å². The van der Waals surface area contributed by atoms with E-state index >= 15 is 0 Å². The molecular weight excluding hydrogens is 267 g/mol. The SMILES string of the molecule is Cc1cccc(S(=O)(=O)CC(CN)C(F)(F)F)c1. The summed E-state index contributed by atoms with van der Waals surface area (Å²) in [5.74, 6) is -3.06. The summed E-state index contributed by atoms with van der Waals surface area (Å²) in [6.45, 7) is 0.928. The van der Waals surface area contributed by atoms with Crippen molar-refractivity contribution < 1.29 is 21.6 Å². The minimum absolute atomic E-state index is 0.106. The zero-order chi connectivity index (χ0) is 14.0. The lowest BCUT2D eigenvalue weighted by Crippen LogP contribution is -2.36. The second kappa shape index (κ2) is 5.27. The first-order valence-corrected chi connectivity index (χ1v) is 6.88. The molecule has 1 aromatic carbocycles. The van der Waals surface area contributed by atoms with E-state index in [0.717, 1.165) is 0 Å². The van der Waals surface area contributed by atoms with Gasteiger partial charge in [0.15, 0.2) is 9.84 Å². The Kier molecular flexibility index (Phi) is 4.39. The van der Waals surface area contributed by atoms with Crippen molar-refractivity contribution in [3.8, 4) is 0 Å². The summed E-state index contributed by atoms with van der Waals surface area (Å²) in [4.78, 5) is -0.106. The Balaban J connectivity index is 3.02. The number of rotatable bonds is 4. The molecule has 0 saturated carbocycles. The molecule has 0 amide bonds. The highest BCUT2D eigenvalue weighted by atomic mass is 32.2. The van der Waals surface area contributed by atoms with Crippen LogP contribution in [0.1, 0.15) is 5.56 Å². The van der Waals surface area contributed by atoms with Crippen molar-refractivity contribution in [1.82, 2.24) is 0 Å². The Labute approximate surface area is 104 Å². The largest absolute Gasteiger partial charge is 0.394 e. The number of aryl methyl sites for hydroxylation is 1. The van der Waals surface area contributed by atoms with E-state index in [-0.39, 0.29) is 4.90 Å². The molecule has 2 N–H and O–H groups in total. The minimum atomic E-state index is -4.61. The van der Waals surface area contributed by atoms with Crippen molar-refractivity contribution in [2.24, 2.45) is 11.7 Å². The fourth-order valence-corrected chi connectivity index (χ4v) is 3.16. The number of halogens is 3. The van der Waals surface area contributed by atoms with E-state index in [1.54, 1.807) is 13.0 Å². The molecular formula is C11H14F3NO2S. The number of hydrogen-bond acceptors (Lipinski definition) is 3. The van der Waals surface area contributed by atoms with E-state index < -0.39 is 34.2 Å². The second-order valence-corrected chi connectivity index (χ2v) is 6.11. The molecule has 1 rings (SSSR count). The molecule has 1 unspecified atom stereocenters. The van der Waals surface area contributed by atoms with Gasteiger partial charge in [-0.1, -0.05) is 12.1 Å². The van der Waals surface area contributed by atoms with Crippen LogP contribution in [0.25, 0.3) is 0 Å². The number of alkyl halides is 3. The van der Waals surface area contributed by atoms with Gasteiger partial charge in [0.2, 0.25) is 0 Å². The molecule has 0 fully saturated rings. The Morgan fingerprint density at radius 2 is 1.94 bits per heavy atom. The summed E-state index contributed by atoms with van der Waals surface area (Å²) in [7, 11) is -3.98. The predicted octanol–water partition coefficient (Wildman–Crippen LogP) is 1.91. The van der Waals surface area contributed by atoms with Crippen LogP contribution in [0.2, 0.25) is 0 Å². The lowest BCUT2D eigenvalue weighted by Gasteiger charge is -2.18. The van der Waals surface area contributed by atoms with Crippen LogP contribution in [-0.4, -0.2) is 26.9 Å². The molecule has 1 atom stereocenters. The quantitative estimate of drug-likeness (QED) is 0.917. The highest BCUT2D eigenvalue weighted by Crippen LogP contribution is 2.28. The van der Waals surface area contributed by atoms with E-state index in [4.69, 9.17) is 5.73 Å². The van der Waals surface area contributed by atoms with Gasteiger partial charge >= 0.3 is 6.18 Å². The zero-order valence-electron chi connectivity index (χ0n) is 9.74. The molecule has 0 bridgehead atoms. The third-order valence-corrected chi connectivity index (χ3v) is 4.33. The fourth-order valence-electron chi connectivity index (χ4n) is 1.47. The van der Waals surface area contributed by atoms with Gasteiger partial charge < -0.3 is 5.73 Å². The number of hydrogen-bond donors (Lipinski definition) is 1. The normalized spacial score (nSPS) is 14.5. The number of sulfone groups is 1. The molecule has 0 aromatic heterocycles. The fraction of sp³-hybridized carbons (Fsp3) is 0.455. The van der Waals surface area contributed by atoms with Crippen LogP contribution >= 0.6 is 0 Å². The van der Waals surface area contributed by atoms with Gasteiger partial charge in [0.1, 0.15) is 0 Å². The van der Waals surface area contributed by atoms with Gasteiger partial charge in [0.05, 0.1) is 16.6 Å². The second-order valence-electron chi connectivity index (χ2n) is 4.07. The predicted molar refractivity (Wildman–Crippen MR) is 61.8 cm³/mol. The molecule has 0 saturated heterocycles. The van der Waals surface area contributed by atoms with Crippen molar-refractivity contribution in [3.05, 3.63) is 29.8 Å². The lowest BCUT2D eigenvalue weighted by atomic mass is 10.2. The Bertz CT molecular complexity index is 511. The van der Waals surface area contributed by atoms with Gasteiger partial charge in [-0.05, 0) is 24.6 Å². The van der Waals surface area contributed by atoms with E-state index in [1.807, 2.05) is 0 Å². The highest BCUT2D eigenvalue weighted by molar-refractivity contribution is 7.91. The van der Waals surface area contributed by atoms with Crippen LogP contribution in [0, 0.1) is 12.8 Å². The van der Waals surface area contributed by atoms with E-state index in [0.29, 0.717) is 5.56 Å². The zero-order valence-corrected chi connectivity index (χ0v) is 10.6. The summed E-state index contributed by atoms with van der Waals surface area (Å²) in [5.41, 5.74) is 5.66. The Morgan fingerprint density at radius 3 is 2.39 bits per heavy atom. The number of nitrogens with two attached hydrogens (primary N) is 1. The van der Waals surface area contributed by atoms with Gasteiger partial charge in [-0.2, -0.15) is 13.2 Å². The number of benzene rings is 1. The molecule has 7 heteroatoms. The first-order chi connectivity index (χ1) is 8.16. The minimum Gasteiger partial charge on any atom is -0.330 e. The molecule has 1 aromatic rings. The smallest absolute Gasteiger partial charge is 0.330 e.